The first-order valence-corrected chi connectivity index (χ1v) is 7.50. The number of carbonyl (C=O) groups is 1. The fraction of sp³-hybridized carbons (Fsp3) is 0.0526. The summed E-state index contributed by atoms with van der Waals surface area (Å²) in [5.74, 6) is 0.00736. The van der Waals surface area contributed by atoms with Gasteiger partial charge in [0.05, 0.1) is 12.1 Å². The second kappa shape index (κ2) is 8.56. The van der Waals surface area contributed by atoms with E-state index in [1.54, 1.807) is 24.3 Å². The van der Waals surface area contributed by atoms with Crippen LogP contribution in [0.25, 0.3) is 6.08 Å². The van der Waals surface area contributed by atoms with Gasteiger partial charge in [0.25, 0.3) is 5.91 Å². The molecule has 0 unspecified atom stereocenters. The molecule has 120 valence electrons. The molecule has 0 saturated heterocycles. The van der Waals surface area contributed by atoms with E-state index < -0.39 is 5.91 Å². The van der Waals surface area contributed by atoms with Gasteiger partial charge in [0.2, 0.25) is 0 Å². The molecule has 0 aromatic heterocycles. The van der Waals surface area contributed by atoms with Gasteiger partial charge in [0.15, 0.2) is 0 Å². The zero-order valence-corrected chi connectivity index (χ0v) is 13.7. The number of benzene rings is 2. The summed E-state index contributed by atoms with van der Waals surface area (Å²) in [7, 11) is 1.51. The predicted octanol–water partition coefficient (Wildman–Crippen LogP) is 4.45. The molecule has 0 spiro atoms. The quantitative estimate of drug-likeness (QED) is 0.497. The first kappa shape index (κ1) is 17.3. The summed E-state index contributed by atoms with van der Waals surface area (Å²) in [5, 5.41) is 12.2. The third-order valence-corrected chi connectivity index (χ3v) is 3.42. The van der Waals surface area contributed by atoms with E-state index in [9.17, 15) is 4.79 Å². The highest BCUT2D eigenvalue weighted by Crippen LogP contribution is 2.27. The first-order chi connectivity index (χ1) is 11.6. The van der Waals surface area contributed by atoms with Crippen molar-refractivity contribution >= 4 is 29.3 Å². The molecule has 2 aromatic rings. The van der Waals surface area contributed by atoms with Crippen LogP contribution < -0.4 is 10.1 Å². The molecule has 0 bridgehead atoms. The molecule has 0 fully saturated rings. The molecule has 24 heavy (non-hydrogen) atoms. The number of nitriles is 1. The summed E-state index contributed by atoms with van der Waals surface area (Å²) < 4.78 is 5.05. The Balaban J connectivity index is 2.09. The van der Waals surface area contributed by atoms with Gasteiger partial charge in [-0.25, -0.2) is 0 Å². The third kappa shape index (κ3) is 4.73. The summed E-state index contributed by atoms with van der Waals surface area (Å²) in [6.45, 7) is 0. The number of nitrogens with one attached hydrogen (secondary N) is 1. The first-order valence-electron chi connectivity index (χ1n) is 7.12. The van der Waals surface area contributed by atoms with Crippen molar-refractivity contribution in [1.29, 1.82) is 5.26 Å². The summed E-state index contributed by atoms with van der Waals surface area (Å²) in [6, 6.07) is 16.3. The van der Waals surface area contributed by atoms with E-state index >= 15 is 0 Å². The maximum atomic E-state index is 12.1. The molecule has 5 heteroatoms. The van der Waals surface area contributed by atoms with Crippen molar-refractivity contribution in [2.45, 2.75) is 0 Å². The molecule has 0 aliphatic rings. The lowest BCUT2D eigenvalue weighted by molar-refractivity contribution is -0.112. The van der Waals surface area contributed by atoms with Gasteiger partial charge in [-0.2, -0.15) is 5.26 Å². The Morgan fingerprint density at radius 2 is 2.00 bits per heavy atom. The van der Waals surface area contributed by atoms with E-state index in [4.69, 9.17) is 21.6 Å². The highest BCUT2D eigenvalue weighted by Gasteiger charge is 2.09. The lowest BCUT2D eigenvalue weighted by atomic mass is 10.2. The Hall–Kier alpha value is -3.03. The Morgan fingerprint density at radius 1 is 1.25 bits per heavy atom. The van der Waals surface area contributed by atoms with Gasteiger partial charge in [-0.1, -0.05) is 54.1 Å². The molecule has 1 N–H and O–H groups in total. The number of nitrogens with zero attached hydrogens (tertiary/aromatic N) is 1. The van der Waals surface area contributed by atoms with E-state index in [0.717, 1.165) is 5.56 Å². The fourth-order valence-electron chi connectivity index (χ4n) is 1.93. The van der Waals surface area contributed by atoms with Crippen molar-refractivity contribution in [1.82, 2.24) is 0 Å². The molecule has 0 heterocycles. The number of halogens is 1. The van der Waals surface area contributed by atoms with Crippen molar-refractivity contribution in [3.05, 3.63) is 76.8 Å². The molecule has 2 rings (SSSR count). The number of carbonyl (C=O) groups excluding carboxylic acids is 1. The average molecular weight is 339 g/mol. The molecular formula is C19H15ClN2O2. The van der Waals surface area contributed by atoms with Gasteiger partial charge in [0, 0.05) is 5.69 Å². The topological polar surface area (TPSA) is 62.1 Å². The van der Waals surface area contributed by atoms with Crippen LogP contribution in [0.3, 0.4) is 0 Å². The zero-order valence-electron chi connectivity index (χ0n) is 13.0. The number of amides is 1. The van der Waals surface area contributed by atoms with Crippen molar-refractivity contribution in [2.24, 2.45) is 0 Å². The van der Waals surface area contributed by atoms with Gasteiger partial charge in [-0.3, -0.25) is 4.79 Å². The number of allylic oxidation sites excluding steroid dienone is 2. The van der Waals surface area contributed by atoms with E-state index in [0.29, 0.717) is 16.5 Å². The number of hydrogen-bond acceptors (Lipinski definition) is 3. The van der Waals surface area contributed by atoms with Crippen LogP contribution in [0.15, 0.2) is 66.3 Å². The van der Waals surface area contributed by atoms with Gasteiger partial charge >= 0.3 is 0 Å². The van der Waals surface area contributed by atoms with Crippen LogP contribution in [0.1, 0.15) is 5.56 Å². The van der Waals surface area contributed by atoms with Gasteiger partial charge in [0.1, 0.15) is 17.4 Å². The highest BCUT2D eigenvalue weighted by molar-refractivity contribution is 6.32. The van der Waals surface area contributed by atoms with Crippen LogP contribution in [-0.2, 0) is 4.79 Å². The van der Waals surface area contributed by atoms with Gasteiger partial charge in [-0.15, -0.1) is 0 Å². The molecular weight excluding hydrogens is 324 g/mol. The van der Waals surface area contributed by atoms with Crippen LogP contribution in [0.4, 0.5) is 5.69 Å². The lowest BCUT2D eigenvalue weighted by Crippen LogP contribution is -2.13. The maximum Gasteiger partial charge on any atom is 0.266 e. The molecule has 0 radical (unpaired) electrons. The minimum absolute atomic E-state index is 0.00544. The number of anilines is 1. The number of hydrogen-bond donors (Lipinski definition) is 1. The predicted molar refractivity (Wildman–Crippen MR) is 95.8 cm³/mol. The largest absolute Gasteiger partial charge is 0.495 e. The smallest absolute Gasteiger partial charge is 0.266 e. The van der Waals surface area contributed by atoms with Gasteiger partial charge in [-0.05, 0) is 29.8 Å². The third-order valence-electron chi connectivity index (χ3n) is 3.13. The minimum Gasteiger partial charge on any atom is -0.495 e. The van der Waals surface area contributed by atoms with Crippen LogP contribution in [0, 0.1) is 11.3 Å². The Morgan fingerprint density at radius 3 is 2.62 bits per heavy atom. The SMILES string of the molecule is COc1ccc(NC(=O)/C(C#N)=C/C=C/c2ccccc2)cc1Cl. The van der Waals surface area contributed by atoms with Crippen LogP contribution in [0.2, 0.25) is 5.02 Å². The Kier molecular flexibility index (Phi) is 6.18. The monoisotopic (exact) mass is 338 g/mol. The van der Waals surface area contributed by atoms with Crippen LogP contribution >= 0.6 is 11.6 Å². The van der Waals surface area contributed by atoms with E-state index in [2.05, 4.69) is 5.32 Å². The number of rotatable bonds is 5. The van der Waals surface area contributed by atoms with Crippen molar-refractivity contribution < 1.29 is 9.53 Å². The second-order valence-electron chi connectivity index (χ2n) is 4.77. The van der Waals surface area contributed by atoms with E-state index in [1.165, 1.54) is 13.2 Å². The summed E-state index contributed by atoms with van der Waals surface area (Å²) in [4.78, 5) is 12.1. The summed E-state index contributed by atoms with van der Waals surface area (Å²) >= 11 is 6.01. The Bertz CT molecular complexity index is 821. The van der Waals surface area contributed by atoms with E-state index in [1.807, 2.05) is 42.5 Å². The van der Waals surface area contributed by atoms with Crippen LogP contribution in [0.5, 0.6) is 5.75 Å². The fourth-order valence-corrected chi connectivity index (χ4v) is 2.18. The lowest BCUT2D eigenvalue weighted by Gasteiger charge is -2.07. The standard InChI is InChI=1S/C19H15ClN2O2/c1-24-18-11-10-16(12-17(18)20)22-19(23)15(13-21)9-5-8-14-6-3-2-4-7-14/h2-12H,1H3,(H,22,23)/b8-5+,15-9+. The van der Waals surface area contributed by atoms with Gasteiger partial charge < -0.3 is 10.1 Å². The molecule has 2 aromatic carbocycles. The summed E-state index contributed by atoms with van der Waals surface area (Å²) in [6.07, 6.45) is 4.94. The maximum absolute atomic E-state index is 12.1. The van der Waals surface area contributed by atoms with Crippen molar-refractivity contribution in [2.75, 3.05) is 12.4 Å². The molecule has 0 atom stereocenters. The molecule has 1 amide bonds. The number of ether oxygens (including phenoxy) is 1. The summed E-state index contributed by atoms with van der Waals surface area (Å²) in [5.41, 5.74) is 1.46. The molecule has 0 aliphatic carbocycles. The highest BCUT2D eigenvalue weighted by atomic mass is 35.5. The van der Waals surface area contributed by atoms with Crippen LogP contribution in [-0.4, -0.2) is 13.0 Å². The molecule has 4 nitrogen and oxygen atoms in total. The number of methoxy groups -OCH3 is 1. The average Bonchev–Trinajstić information content (AvgIpc) is 2.59. The molecule has 0 aliphatic heterocycles. The molecule has 0 saturated carbocycles. The normalized spacial score (nSPS) is 11.1. The van der Waals surface area contributed by atoms with Crippen molar-refractivity contribution in [3.63, 3.8) is 0 Å². The zero-order chi connectivity index (χ0) is 17.4. The second-order valence-corrected chi connectivity index (χ2v) is 5.17. The minimum atomic E-state index is -0.503. The van der Waals surface area contributed by atoms with E-state index in [-0.39, 0.29) is 5.57 Å². The van der Waals surface area contributed by atoms with Crippen molar-refractivity contribution in [3.8, 4) is 11.8 Å². The Labute approximate surface area is 145 Å².